The minimum atomic E-state index is -3.80. The quantitative estimate of drug-likeness (QED) is 0.592. The van der Waals surface area contributed by atoms with Crippen LogP contribution in [0.5, 0.6) is 0 Å². The molecular weight excluding hydrogens is 410 g/mol. The maximum atomic E-state index is 12.8. The molecule has 2 aromatic carbocycles. The van der Waals surface area contributed by atoms with E-state index in [1.165, 1.54) is 18.2 Å². The number of para-hydroxylation sites is 1. The zero-order valence-electron chi connectivity index (χ0n) is 18.1. The van der Waals surface area contributed by atoms with Crippen molar-refractivity contribution in [2.24, 2.45) is 5.14 Å². The first-order valence-corrected chi connectivity index (χ1v) is 11.5. The van der Waals surface area contributed by atoms with Gasteiger partial charge >= 0.3 is 0 Å². The summed E-state index contributed by atoms with van der Waals surface area (Å²) in [5.74, 6) is -0.182. The first kappa shape index (κ1) is 22.5. The smallest absolute Gasteiger partial charge is 0.246 e. The van der Waals surface area contributed by atoms with E-state index in [0.29, 0.717) is 5.56 Å². The Hall–Kier alpha value is -3.16. The van der Waals surface area contributed by atoms with Gasteiger partial charge < -0.3 is 9.47 Å². The third kappa shape index (κ3) is 4.95. The van der Waals surface area contributed by atoms with Gasteiger partial charge in [0.05, 0.1) is 10.9 Å². The van der Waals surface area contributed by atoms with Crippen LogP contribution in [0.1, 0.15) is 35.5 Å². The normalized spacial score (nSPS) is 12.8. The van der Waals surface area contributed by atoms with Crippen molar-refractivity contribution in [3.63, 3.8) is 0 Å². The van der Waals surface area contributed by atoms with Gasteiger partial charge in [0, 0.05) is 30.2 Å². The molecule has 0 radical (unpaired) electrons. The van der Waals surface area contributed by atoms with Gasteiger partial charge in [0.2, 0.25) is 15.9 Å². The number of nitrogens with zero attached hydrogens (tertiary/aromatic N) is 2. The van der Waals surface area contributed by atoms with Crippen molar-refractivity contribution in [3.05, 3.63) is 89.3 Å². The number of rotatable bonds is 6. The van der Waals surface area contributed by atoms with Gasteiger partial charge in [-0.1, -0.05) is 30.3 Å². The van der Waals surface area contributed by atoms with Crippen LogP contribution in [0, 0.1) is 13.8 Å². The molecule has 1 amide bonds. The summed E-state index contributed by atoms with van der Waals surface area (Å²) in [4.78, 5) is 14.4. The van der Waals surface area contributed by atoms with Crippen molar-refractivity contribution in [3.8, 4) is 5.69 Å². The van der Waals surface area contributed by atoms with Gasteiger partial charge in [0.1, 0.15) is 0 Å². The predicted molar refractivity (Wildman–Crippen MR) is 123 cm³/mol. The summed E-state index contributed by atoms with van der Waals surface area (Å²) in [5.41, 5.74) is 4.86. The van der Waals surface area contributed by atoms with Crippen LogP contribution in [-0.4, -0.2) is 30.8 Å². The highest BCUT2D eigenvalue weighted by Crippen LogP contribution is 2.24. The standard InChI is InChI=1S/C24H27N3O3S/c1-17-15-21(19(3)27(17)22-10-6-5-7-11-22)13-14-24(28)26(4)18(2)20-9-8-12-23(16-20)31(25,29)30/h5-16,18H,1-4H3,(H2,25,29,30)/b14-13+. The molecule has 2 N–H and O–H groups in total. The second-order valence-corrected chi connectivity index (χ2v) is 9.13. The van der Waals surface area contributed by atoms with E-state index in [-0.39, 0.29) is 16.8 Å². The highest BCUT2D eigenvalue weighted by molar-refractivity contribution is 7.89. The lowest BCUT2D eigenvalue weighted by Crippen LogP contribution is -2.28. The van der Waals surface area contributed by atoms with E-state index in [1.807, 2.05) is 63.2 Å². The first-order chi connectivity index (χ1) is 14.6. The van der Waals surface area contributed by atoms with Crippen molar-refractivity contribution in [2.45, 2.75) is 31.7 Å². The lowest BCUT2D eigenvalue weighted by Gasteiger charge is -2.24. The lowest BCUT2D eigenvalue weighted by atomic mass is 10.1. The molecule has 3 rings (SSSR count). The van der Waals surface area contributed by atoms with Gasteiger partial charge in [0.25, 0.3) is 0 Å². The topological polar surface area (TPSA) is 85.4 Å². The van der Waals surface area contributed by atoms with Crippen LogP contribution in [0.25, 0.3) is 11.8 Å². The number of carbonyl (C=O) groups is 1. The van der Waals surface area contributed by atoms with Crippen molar-refractivity contribution in [1.82, 2.24) is 9.47 Å². The second-order valence-electron chi connectivity index (χ2n) is 7.57. The van der Waals surface area contributed by atoms with Crippen LogP contribution in [0.3, 0.4) is 0 Å². The van der Waals surface area contributed by atoms with E-state index in [4.69, 9.17) is 5.14 Å². The molecule has 0 aliphatic rings. The molecule has 1 unspecified atom stereocenters. The molecule has 0 spiro atoms. The largest absolute Gasteiger partial charge is 0.335 e. The minimum Gasteiger partial charge on any atom is -0.335 e. The third-order valence-electron chi connectivity index (χ3n) is 5.49. The Morgan fingerprint density at radius 3 is 2.39 bits per heavy atom. The average molecular weight is 438 g/mol. The molecule has 0 aliphatic carbocycles. The summed E-state index contributed by atoms with van der Waals surface area (Å²) in [6, 6.07) is 18.1. The van der Waals surface area contributed by atoms with Gasteiger partial charge in [-0.25, -0.2) is 13.6 Å². The van der Waals surface area contributed by atoms with Gasteiger partial charge in [-0.3, -0.25) is 4.79 Å². The molecule has 31 heavy (non-hydrogen) atoms. The monoisotopic (exact) mass is 437 g/mol. The molecule has 1 aromatic heterocycles. The molecule has 1 heterocycles. The second kappa shape index (κ2) is 8.91. The fourth-order valence-electron chi connectivity index (χ4n) is 3.58. The van der Waals surface area contributed by atoms with E-state index < -0.39 is 10.0 Å². The number of carbonyl (C=O) groups excluding carboxylic acids is 1. The summed E-state index contributed by atoms with van der Waals surface area (Å²) < 4.78 is 25.4. The number of benzene rings is 2. The summed E-state index contributed by atoms with van der Waals surface area (Å²) in [7, 11) is -2.11. The van der Waals surface area contributed by atoms with Gasteiger partial charge in [0.15, 0.2) is 0 Å². The zero-order valence-corrected chi connectivity index (χ0v) is 18.9. The fourth-order valence-corrected chi connectivity index (χ4v) is 4.14. The Labute approximate surface area is 183 Å². The molecule has 0 saturated carbocycles. The average Bonchev–Trinajstić information content (AvgIpc) is 3.04. The van der Waals surface area contributed by atoms with Gasteiger partial charge in [-0.15, -0.1) is 0 Å². The fraction of sp³-hybridized carbons (Fsp3) is 0.208. The number of hydrogen-bond acceptors (Lipinski definition) is 3. The lowest BCUT2D eigenvalue weighted by molar-refractivity contribution is -0.126. The SMILES string of the molecule is Cc1cc(/C=C/C(=O)N(C)C(C)c2cccc(S(N)(=O)=O)c2)c(C)n1-c1ccccc1. The number of aryl methyl sites for hydroxylation is 1. The van der Waals surface area contributed by atoms with E-state index in [0.717, 1.165) is 22.6 Å². The number of sulfonamides is 1. The Morgan fingerprint density at radius 1 is 1.06 bits per heavy atom. The number of hydrogen-bond donors (Lipinski definition) is 1. The van der Waals surface area contributed by atoms with E-state index in [9.17, 15) is 13.2 Å². The van der Waals surface area contributed by atoms with Crippen LogP contribution in [0.2, 0.25) is 0 Å². The number of likely N-dealkylation sites (N-methyl/N-ethyl adjacent to an activating group) is 1. The highest BCUT2D eigenvalue weighted by Gasteiger charge is 2.18. The Kier molecular flexibility index (Phi) is 6.48. The molecule has 0 aliphatic heterocycles. The molecule has 0 bridgehead atoms. The summed E-state index contributed by atoms with van der Waals surface area (Å²) in [6.45, 7) is 5.90. The predicted octanol–water partition coefficient (Wildman–Crippen LogP) is 3.97. The molecule has 6 nitrogen and oxygen atoms in total. The number of nitrogens with two attached hydrogens (primary N) is 1. The van der Waals surface area contributed by atoms with Crippen LogP contribution < -0.4 is 5.14 Å². The van der Waals surface area contributed by atoms with E-state index in [2.05, 4.69) is 4.57 Å². The van der Waals surface area contributed by atoms with Crippen molar-refractivity contribution in [2.75, 3.05) is 7.05 Å². The number of amides is 1. The van der Waals surface area contributed by atoms with Crippen molar-refractivity contribution in [1.29, 1.82) is 0 Å². The van der Waals surface area contributed by atoms with E-state index in [1.54, 1.807) is 24.1 Å². The molecule has 7 heteroatoms. The van der Waals surface area contributed by atoms with Crippen LogP contribution in [0.15, 0.2) is 71.6 Å². The molecule has 0 fully saturated rings. The third-order valence-corrected chi connectivity index (χ3v) is 6.40. The maximum absolute atomic E-state index is 12.8. The summed E-state index contributed by atoms with van der Waals surface area (Å²) in [5, 5.41) is 5.22. The van der Waals surface area contributed by atoms with Crippen LogP contribution >= 0.6 is 0 Å². The van der Waals surface area contributed by atoms with E-state index >= 15 is 0 Å². The zero-order chi connectivity index (χ0) is 22.8. The Balaban J connectivity index is 1.80. The molecule has 3 aromatic rings. The molecule has 162 valence electrons. The first-order valence-electron chi connectivity index (χ1n) is 9.91. The Morgan fingerprint density at radius 2 is 1.74 bits per heavy atom. The van der Waals surface area contributed by atoms with Crippen molar-refractivity contribution >= 4 is 22.0 Å². The number of aromatic nitrogens is 1. The minimum absolute atomic E-state index is 0.0293. The summed E-state index contributed by atoms with van der Waals surface area (Å²) in [6.07, 6.45) is 3.35. The van der Waals surface area contributed by atoms with Crippen molar-refractivity contribution < 1.29 is 13.2 Å². The maximum Gasteiger partial charge on any atom is 0.246 e. The Bertz CT molecular complexity index is 1230. The van der Waals surface area contributed by atoms with Gasteiger partial charge in [-0.05, 0) is 68.3 Å². The molecule has 0 saturated heterocycles. The molecular formula is C24H27N3O3S. The summed E-state index contributed by atoms with van der Waals surface area (Å²) >= 11 is 0. The number of primary sulfonamides is 1. The highest BCUT2D eigenvalue weighted by atomic mass is 32.2. The van der Waals surface area contributed by atoms with Crippen LogP contribution in [0.4, 0.5) is 0 Å². The molecule has 1 atom stereocenters. The van der Waals surface area contributed by atoms with Crippen LogP contribution in [-0.2, 0) is 14.8 Å². The van der Waals surface area contributed by atoms with Gasteiger partial charge in [-0.2, -0.15) is 0 Å².